The summed E-state index contributed by atoms with van der Waals surface area (Å²) < 4.78 is 3.24. The number of anilines is 1. The third kappa shape index (κ3) is 3.93. The summed E-state index contributed by atoms with van der Waals surface area (Å²) in [5.41, 5.74) is 0.522. The molecule has 0 radical (unpaired) electrons. The van der Waals surface area contributed by atoms with E-state index >= 15 is 0 Å². The number of carbonyl (C=O) groups is 1. The normalized spacial score (nSPS) is 11.2. The average molecular weight is 339 g/mol. The Morgan fingerprint density at radius 3 is 2.84 bits per heavy atom. The van der Waals surface area contributed by atoms with E-state index in [0.717, 1.165) is 6.54 Å². The number of carbonyl (C=O) groups excluding carboxylic acids is 1. The van der Waals surface area contributed by atoms with Gasteiger partial charge in [-0.2, -0.15) is 5.10 Å². The number of nitrogens with one attached hydrogen (secondary N) is 1. The van der Waals surface area contributed by atoms with Gasteiger partial charge in [0.2, 0.25) is 5.91 Å². The Bertz CT molecular complexity index is 942. The van der Waals surface area contributed by atoms with Crippen LogP contribution in [0.25, 0.3) is 10.9 Å². The minimum absolute atomic E-state index is 0.136. The number of hydrogen-bond acceptors (Lipinski definition) is 4. The third-order valence-electron chi connectivity index (χ3n) is 3.83. The molecule has 130 valence electrons. The lowest BCUT2D eigenvalue weighted by molar-refractivity contribution is -0.116. The molecule has 0 fully saturated rings. The van der Waals surface area contributed by atoms with Gasteiger partial charge in [-0.1, -0.05) is 26.0 Å². The van der Waals surface area contributed by atoms with Crippen LogP contribution in [0.3, 0.4) is 0 Å². The van der Waals surface area contributed by atoms with E-state index < -0.39 is 0 Å². The zero-order valence-electron chi connectivity index (χ0n) is 14.3. The maximum absolute atomic E-state index is 12.4. The lowest BCUT2D eigenvalue weighted by atomic mass is 10.2. The van der Waals surface area contributed by atoms with E-state index in [1.807, 2.05) is 6.07 Å². The maximum Gasteiger partial charge on any atom is 0.261 e. The van der Waals surface area contributed by atoms with Crippen molar-refractivity contribution in [3.8, 4) is 0 Å². The number of aryl methyl sites for hydroxylation is 1. The minimum Gasteiger partial charge on any atom is -0.311 e. The molecular formula is C18H21N5O2. The first-order chi connectivity index (χ1) is 12.0. The van der Waals surface area contributed by atoms with E-state index in [4.69, 9.17) is 0 Å². The second kappa shape index (κ2) is 7.29. The molecule has 0 aliphatic carbocycles. The number of amides is 1. The smallest absolute Gasteiger partial charge is 0.261 e. The topological polar surface area (TPSA) is 81.8 Å². The molecule has 1 N–H and O–H groups in total. The summed E-state index contributed by atoms with van der Waals surface area (Å²) in [6.45, 7) is 5.19. The molecule has 0 bridgehead atoms. The lowest BCUT2D eigenvalue weighted by Crippen LogP contribution is -2.24. The Labute approximate surface area is 145 Å². The Balaban J connectivity index is 1.66. The van der Waals surface area contributed by atoms with Gasteiger partial charge in [0.05, 0.1) is 23.4 Å². The highest BCUT2D eigenvalue weighted by Gasteiger charge is 2.10. The molecule has 0 unspecified atom stereocenters. The molecule has 0 atom stereocenters. The molecule has 0 spiro atoms. The van der Waals surface area contributed by atoms with Crippen LogP contribution in [0.2, 0.25) is 0 Å². The zero-order valence-corrected chi connectivity index (χ0v) is 14.3. The highest BCUT2D eigenvalue weighted by molar-refractivity contribution is 5.89. The third-order valence-corrected chi connectivity index (χ3v) is 3.83. The van der Waals surface area contributed by atoms with Gasteiger partial charge in [-0.15, -0.1) is 0 Å². The van der Waals surface area contributed by atoms with Gasteiger partial charge in [-0.25, -0.2) is 9.67 Å². The predicted octanol–water partition coefficient (Wildman–Crippen LogP) is 2.28. The van der Waals surface area contributed by atoms with E-state index in [2.05, 4.69) is 29.2 Å². The van der Waals surface area contributed by atoms with Gasteiger partial charge >= 0.3 is 0 Å². The quantitative estimate of drug-likeness (QED) is 0.747. The molecule has 7 nitrogen and oxygen atoms in total. The SMILES string of the molecule is CC(C)Cn1nccc1NC(=O)CCn1cnc2ccccc2c1=O. The van der Waals surface area contributed by atoms with Crippen LogP contribution >= 0.6 is 0 Å². The van der Waals surface area contributed by atoms with Gasteiger partial charge in [0, 0.05) is 25.6 Å². The van der Waals surface area contributed by atoms with E-state index in [0.29, 0.717) is 22.6 Å². The van der Waals surface area contributed by atoms with Crippen molar-refractivity contribution >= 4 is 22.6 Å². The second-order valence-electron chi connectivity index (χ2n) is 6.35. The van der Waals surface area contributed by atoms with E-state index in [1.165, 1.54) is 10.9 Å². The second-order valence-corrected chi connectivity index (χ2v) is 6.35. The first kappa shape index (κ1) is 16.9. The largest absolute Gasteiger partial charge is 0.311 e. The number of nitrogens with zero attached hydrogens (tertiary/aromatic N) is 4. The van der Waals surface area contributed by atoms with Gasteiger partial charge in [-0.05, 0) is 18.1 Å². The van der Waals surface area contributed by atoms with Gasteiger partial charge in [-0.3, -0.25) is 14.2 Å². The van der Waals surface area contributed by atoms with Crippen molar-refractivity contribution in [2.24, 2.45) is 5.92 Å². The molecular weight excluding hydrogens is 318 g/mol. The van der Waals surface area contributed by atoms with Gasteiger partial charge in [0.1, 0.15) is 5.82 Å². The molecule has 7 heteroatoms. The predicted molar refractivity (Wildman–Crippen MR) is 96.3 cm³/mol. The number of fused-ring (bicyclic) bond motifs is 1. The molecule has 25 heavy (non-hydrogen) atoms. The van der Waals surface area contributed by atoms with Crippen LogP contribution in [0.15, 0.2) is 47.7 Å². The summed E-state index contributed by atoms with van der Waals surface area (Å²) in [6, 6.07) is 8.95. The molecule has 1 aromatic carbocycles. The molecule has 2 heterocycles. The fourth-order valence-electron chi connectivity index (χ4n) is 2.62. The number of rotatable bonds is 6. The zero-order chi connectivity index (χ0) is 17.8. The number of hydrogen-bond donors (Lipinski definition) is 1. The average Bonchev–Trinajstić information content (AvgIpc) is 3.00. The number of benzene rings is 1. The summed E-state index contributed by atoms with van der Waals surface area (Å²) in [5.74, 6) is 0.936. The first-order valence-corrected chi connectivity index (χ1v) is 8.30. The standard InChI is InChI=1S/C18H21N5O2/c1-13(2)11-23-16(7-9-20-23)21-17(24)8-10-22-12-19-15-6-4-3-5-14(15)18(22)25/h3-7,9,12-13H,8,10-11H2,1-2H3,(H,21,24). The van der Waals surface area contributed by atoms with Crippen molar-refractivity contribution in [1.82, 2.24) is 19.3 Å². The highest BCUT2D eigenvalue weighted by atomic mass is 16.2. The highest BCUT2D eigenvalue weighted by Crippen LogP contribution is 2.10. The molecule has 0 saturated carbocycles. The van der Waals surface area contributed by atoms with Crippen molar-refractivity contribution in [1.29, 1.82) is 0 Å². The van der Waals surface area contributed by atoms with Gasteiger partial charge in [0.15, 0.2) is 0 Å². The van der Waals surface area contributed by atoms with E-state index in [9.17, 15) is 9.59 Å². The Hall–Kier alpha value is -2.96. The van der Waals surface area contributed by atoms with Gasteiger partial charge < -0.3 is 5.32 Å². The van der Waals surface area contributed by atoms with Crippen LogP contribution in [-0.2, 0) is 17.9 Å². The van der Waals surface area contributed by atoms with Crippen molar-refractivity contribution in [3.63, 3.8) is 0 Å². The number of para-hydroxylation sites is 1. The summed E-state index contributed by atoms with van der Waals surface area (Å²) in [7, 11) is 0. The van der Waals surface area contributed by atoms with Crippen LogP contribution < -0.4 is 10.9 Å². The van der Waals surface area contributed by atoms with Crippen LogP contribution in [0.4, 0.5) is 5.82 Å². The molecule has 1 amide bonds. The Morgan fingerprint density at radius 2 is 2.04 bits per heavy atom. The van der Waals surface area contributed by atoms with E-state index in [-0.39, 0.29) is 24.4 Å². The van der Waals surface area contributed by atoms with Crippen LogP contribution in [0, 0.1) is 5.92 Å². The number of aromatic nitrogens is 4. The summed E-state index contributed by atoms with van der Waals surface area (Å²) in [4.78, 5) is 28.9. The Morgan fingerprint density at radius 1 is 1.24 bits per heavy atom. The molecule has 0 aliphatic heterocycles. The summed E-state index contributed by atoms with van der Waals surface area (Å²) in [5, 5.41) is 7.62. The Kier molecular flexibility index (Phi) is 4.92. The van der Waals surface area contributed by atoms with Crippen LogP contribution in [-0.4, -0.2) is 25.2 Å². The van der Waals surface area contributed by atoms with Crippen molar-refractivity contribution < 1.29 is 4.79 Å². The maximum atomic E-state index is 12.4. The fraction of sp³-hybridized carbons (Fsp3) is 0.333. The van der Waals surface area contributed by atoms with E-state index in [1.54, 1.807) is 35.1 Å². The van der Waals surface area contributed by atoms with Gasteiger partial charge in [0.25, 0.3) is 5.56 Å². The summed E-state index contributed by atoms with van der Waals surface area (Å²) in [6.07, 6.45) is 3.34. The van der Waals surface area contributed by atoms with Crippen LogP contribution in [0.5, 0.6) is 0 Å². The molecule has 2 aromatic heterocycles. The van der Waals surface area contributed by atoms with Crippen molar-refractivity contribution in [2.45, 2.75) is 33.4 Å². The molecule has 3 rings (SSSR count). The molecule has 3 aromatic rings. The molecule has 0 saturated heterocycles. The first-order valence-electron chi connectivity index (χ1n) is 8.30. The lowest BCUT2D eigenvalue weighted by Gasteiger charge is -2.11. The summed E-state index contributed by atoms with van der Waals surface area (Å²) >= 11 is 0. The van der Waals surface area contributed by atoms with Crippen LogP contribution in [0.1, 0.15) is 20.3 Å². The fourth-order valence-corrected chi connectivity index (χ4v) is 2.62. The van der Waals surface area contributed by atoms with Crippen molar-refractivity contribution in [2.75, 3.05) is 5.32 Å². The van der Waals surface area contributed by atoms with Crippen molar-refractivity contribution in [3.05, 3.63) is 53.2 Å². The minimum atomic E-state index is -0.162. The molecule has 0 aliphatic rings. The monoisotopic (exact) mass is 339 g/mol.